The SMILES string of the molecule is CN(C)c1ccc(-c2cc(I)c(O)c3c2C[C@H]2C[C@H]4CC(=O)C(C(N)=O)C(=O)[C@@]4(O)C(=O)C2C3=O)cc1. The maximum atomic E-state index is 13.8. The molecule has 0 spiro atoms. The summed E-state index contributed by atoms with van der Waals surface area (Å²) in [5, 5.41) is 22.2. The third-order valence-corrected chi connectivity index (χ3v) is 8.87. The van der Waals surface area contributed by atoms with Crippen molar-refractivity contribution in [2.45, 2.75) is 24.9 Å². The number of amides is 1. The Balaban J connectivity index is 1.62. The molecule has 2 unspecified atom stereocenters. The molecule has 2 saturated carbocycles. The molecule has 0 radical (unpaired) electrons. The first-order valence-electron chi connectivity index (χ1n) is 11.9. The van der Waals surface area contributed by atoms with E-state index in [1.807, 2.05) is 65.9 Å². The van der Waals surface area contributed by atoms with Gasteiger partial charge in [0, 0.05) is 32.1 Å². The van der Waals surface area contributed by atoms with Crippen LogP contribution in [-0.4, -0.2) is 58.9 Å². The number of nitrogens with two attached hydrogens (primary N) is 1. The number of hydrogen-bond donors (Lipinski definition) is 3. The van der Waals surface area contributed by atoms with Gasteiger partial charge in [-0.1, -0.05) is 12.1 Å². The minimum absolute atomic E-state index is 0.000946. The summed E-state index contributed by atoms with van der Waals surface area (Å²) < 4.78 is 0.419. The zero-order valence-electron chi connectivity index (χ0n) is 20.2. The van der Waals surface area contributed by atoms with Crippen molar-refractivity contribution in [3.05, 3.63) is 45.0 Å². The number of halogens is 1. The van der Waals surface area contributed by atoms with Crippen LogP contribution >= 0.6 is 22.6 Å². The number of phenolic OH excluding ortho intramolecular Hbond substituents is 1. The Morgan fingerprint density at radius 1 is 1.08 bits per heavy atom. The maximum Gasteiger partial charge on any atom is 0.235 e. The summed E-state index contributed by atoms with van der Waals surface area (Å²) in [5.41, 5.74) is 5.72. The summed E-state index contributed by atoms with van der Waals surface area (Å²) in [6.07, 6.45) is -0.0591. The molecule has 5 rings (SSSR count). The van der Waals surface area contributed by atoms with Gasteiger partial charge in [0.2, 0.25) is 5.91 Å². The molecule has 4 N–H and O–H groups in total. The number of aliphatic hydroxyl groups is 1. The molecule has 9 nitrogen and oxygen atoms in total. The first-order valence-corrected chi connectivity index (χ1v) is 12.9. The average molecular weight is 616 g/mol. The normalized spacial score (nSPS) is 28.9. The molecule has 1 amide bonds. The van der Waals surface area contributed by atoms with Gasteiger partial charge in [0.05, 0.1) is 15.1 Å². The molecule has 0 aliphatic heterocycles. The number of carbonyl (C=O) groups excluding carboxylic acids is 5. The summed E-state index contributed by atoms with van der Waals surface area (Å²) in [7, 11) is 3.85. The Kier molecular flexibility index (Phi) is 6.02. The van der Waals surface area contributed by atoms with Crippen LogP contribution in [0, 0.1) is 27.2 Å². The van der Waals surface area contributed by atoms with E-state index in [-0.39, 0.29) is 30.6 Å². The standard InChI is InChI=1S/C27H25IN2O7/c1-30(2)14-5-3-11(4-6-14)15-10-17(28)22(32)20-16(15)8-12-7-13-9-18(31)21(26(29)36)25(35)27(13,37)24(34)19(12)23(20)33/h3-6,10,12-13,19,21,32,37H,7-9H2,1-2H3,(H2,29,36)/t12-,13+,19?,21?,27+/m1/s1. The molecule has 2 aromatic carbocycles. The molecule has 3 aliphatic rings. The lowest BCUT2D eigenvalue weighted by Gasteiger charge is -2.48. The Morgan fingerprint density at radius 3 is 2.32 bits per heavy atom. The lowest BCUT2D eigenvalue weighted by atomic mass is 9.53. The van der Waals surface area contributed by atoms with E-state index in [9.17, 15) is 34.2 Å². The van der Waals surface area contributed by atoms with Crippen molar-refractivity contribution in [3.63, 3.8) is 0 Å². The van der Waals surface area contributed by atoms with Crippen LogP contribution in [0.2, 0.25) is 0 Å². The van der Waals surface area contributed by atoms with Gasteiger partial charge >= 0.3 is 0 Å². The summed E-state index contributed by atoms with van der Waals surface area (Å²) in [5.74, 6) is -10.1. The minimum atomic E-state index is -2.65. The van der Waals surface area contributed by atoms with Gasteiger partial charge in [0.15, 0.2) is 34.7 Å². The predicted octanol–water partition coefficient (Wildman–Crippen LogP) is 1.66. The van der Waals surface area contributed by atoms with Crippen LogP contribution in [0.25, 0.3) is 11.1 Å². The quantitative estimate of drug-likeness (QED) is 0.348. The number of nitrogens with zero attached hydrogens (tertiary/aromatic N) is 1. The van der Waals surface area contributed by atoms with E-state index in [4.69, 9.17) is 5.73 Å². The summed E-state index contributed by atoms with van der Waals surface area (Å²) >= 11 is 1.92. The van der Waals surface area contributed by atoms with Gasteiger partial charge in [-0.3, -0.25) is 24.0 Å². The second-order valence-electron chi connectivity index (χ2n) is 10.3. The van der Waals surface area contributed by atoms with Crippen LogP contribution in [0.3, 0.4) is 0 Å². The number of ketones is 4. The van der Waals surface area contributed by atoms with Crippen molar-refractivity contribution in [1.29, 1.82) is 0 Å². The van der Waals surface area contributed by atoms with Crippen molar-refractivity contribution >= 4 is 57.3 Å². The number of rotatable bonds is 3. The highest BCUT2D eigenvalue weighted by atomic mass is 127. The zero-order valence-corrected chi connectivity index (χ0v) is 22.3. The fourth-order valence-electron chi connectivity index (χ4n) is 6.20. The molecule has 5 atom stereocenters. The number of anilines is 1. The van der Waals surface area contributed by atoms with E-state index >= 15 is 0 Å². The molecule has 10 heteroatoms. The van der Waals surface area contributed by atoms with Crippen molar-refractivity contribution in [2.75, 3.05) is 19.0 Å². The Morgan fingerprint density at radius 2 is 1.73 bits per heavy atom. The Hall–Kier alpha value is -3.12. The smallest absolute Gasteiger partial charge is 0.235 e. The highest BCUT2D eigenvalue weighted by Gasteiger charge is 2.66. The largest absolute Gasteiger partial charge is 0.506 e. The van der Waals surface area contributed by atoms with Crippen LogP contribution in [0.15, 0.2) is 30.3 Å². The monoisotopic (exact) mass is 616 g/mol. The third kappa shape index (κ3) is 3.63. The Bertz CT molecular complexity index is 1400. The highest BCUT2D eigenvalue weighted by molar-refractivity contribution is 14.1. The average Bonchev–Trinajstić information content (AvgIpc) is 2.83. The molecule has 37 heavy (non-hydrogen) atoms. The van der Waals surface area contributed by atoms with E-state index in [0.29, 0.717) is 9.13 Å². The second-order valence-corrected chi connectivity index (χ2v) is 11.5. The van der Waals surface area contributed by atoms with Crippen molar-refractivity contribution in [1.82, 2.24) is 0 Å². The van der Waals surface area contributed by atoms with Crippen LogP contribution < -0.4 is 10.6 Å². The van der Waals surface area contributed by atoms with Gasteiger partial charge in [-0.2, -0.15) is 0 Å². The lowest BCUT2D eigenvalue weighted by molar-refractivity contribution is -0.175. The predicted molar refractivity (Wildman–Crippen MR) is 141 cm³/mol. The molecule has 2 fully saturated rings. The highest BCUT2D eigenvalue weighted by Crippen LogP contribution is 2.51. The van der Waals surface area contributed by atoms with Crippen LogP contribution in [0.1, 0.15) is 28.8 Å². The van der Waals surface area contributed by atoms with Gasteiger partial charge in [-0.05, 0) is 76.2 Å². The van der Waals surface area contributed by atoms with Crippen LogP contribution in [0.4, 0.5) is 5.69 Å². The molecule has 2 aromatic rings. The minimum Gasteiger partial charge on any atom is -0.506 e. The molecule has 0 saturated heterocycles. The fraction of sp³-hybridized carbons (Fsp3) is 0.370. The molecular formula is C27H25IN2O7. The Labute approximate surface area is 226 Å². The summed E-state index contributed by atoms with van der Waals surface area (Å²) in [6.45, 7) is 0. The van der Waals surface area contributed by atoms with Gasteiger partial charge in [-0.25, -0.2) is 0 Å². The first-order chi connectivity index (χ1) is 17.4. The van der Waals surface area contributed by atoms with E-state index in [0.717, 1.165) is 16.8 Å². The number of aromatic hydroxyl groups is 1. The van der Waals surface area contributed by atoms with Gasteiger partial charge in [-0.15, -0.1) is 0 Å². The number of benzene rings is 2. The lowest BCUT2D eigenvalue weighted by Crippen LogP contribution is -2.68. The number of phenols is 1. The molecule has 0 bridgehead atoms. The fourth-order valence-corrected chi connectivity index (χ4v) is 6.78. The van der Waals surface area contributed by atoms with Gasteiger partial charge < -0.3 is 20.8 Å². The molecule has 0 heterocycles. The van der Waals surface area contributed by atoms with E-state index in [2.05, 4.69) is 0 Å². The van der Waals surface area contributed by atoms with E-state index in [1.165, 1.54) is 0 Å². The van der Waals surface area contributed by atoms with Gasteiger partial charge in [0.25, 0.3) is 0 Å². The number of carbonyl (C=O) groups is 5. The van der Waals surface area contributed by atoms with Crippen molar-refractivity contribution in [3.8, 4) is 16.9 Å². The molecule has 3 aliphatic carbocycles. The number of fused-ring (bicyclic) bond motifs is 3. The van der Waals surface area contributed by atoms with E-state index < -0.39 is 58.3 Å². The second kappa shape index (κ2) is 8.73. The van der Waals surface area contributed by atoms with Crippen molar-refractivity contribution in [2.24, 2.45) is 29.4 Å². The van der Waals surface area contributed by atoms with E-state index in [1.54, 1.807) is 6.07 Å². The number of hydrogen-bond acceptors (Lipinski definition) is 8. The summed E-state index contributed by atoms with van der Waals surface area (Å²) in [4.78, 5) is 66.7. The molecule has 0 aromatic heterocycles. The van der Waals surface area contributed by atoms with Gasteiger partial charge in [0.1, 0.15) is 5.75 Å². The topological polar surface area (TPSA) is 155 Å². The first kappa shape index (κ1) is 25.5. The molecular weight excluding hydrogens is 591 g/mol. The number of primary amides is 1. The maximum absolute atomic E-state index is 13.8. The van der Waals surface area contributed by atoms with Crippen LogP contribution in [-0.2, 0) is 25.6 Å². The summed E-state index contributed by atoms with van der Waals surface area (Å²) in [6, 6.07) is 9.50. The third-order valence-electron chi connectivity index (χ3n) is 8.05. The number of Topliss-reactive ketones (excluding diaryl/α,β-unsaturated/α-hetero) is 4. The molecule has 192 valence electrons. The van der Waals surface area contributed by atoms with Crippen LogP contribution in [0.5, 0.6) is 5.75 Å². The van der Waals surface area contributed by atoms with Crippen molar-refractivity contribution < 1.29 is 34.2 Å². The zero-order chi connectivity index (χ0) is 27.0.